The van der Waals surface area contributed by atoms with E-state index in [2.05, 4.69) is 43.8 Å². The van der Waals surface area contributed by atoms with Gasteiger partial charge < -0.3 is 11.1 Å². The Bertz CT molecular complexity index is 357. The average molecular weight is 383 g/mol. The molecule has 3 nitrogen and oxygen atoms in total. The largest absolute Gasteiger partial charge is 0.352 e. The molecule has 0 heterocycles. The van der Waals surface area contributed by atoms with Crippen molar-refractivity contribution in [1.82, 2.24) is 5.32 Å². The second kappa shape index (κ2) is 6.44. The fourth-order valence-electron chi connectivity index (χ4n) is 1.07. The van der Waals surface area contributed by atoms with Gasteiger partial charge >= 0.3 is 0 Å². The average Bonchev–Trinajstić information content (AvgIpc) is 2.22. The summed E-state index contributed by atoms with van der Waals surface area (Å²) in [6.45, 7) is 1.22. The monoisotopic (exact) mass is 382 g/mol. The molecule has 0 unspecified atom stereocenters. The third-order valence-electron chi connectivity index (χ3n) is 1.84. The molecule has 1 rings (SSSR count). The Hall–Kier alpha value is -0.140. The summed E-state index contributed by atoms with van der Waals surface area (Å²) >= 11 is 5.49. The smallest absolute Gasteiger partial charge is 0.252 e. The maximum absolute atomic E-state index is 11.7. The second-order valence-corrected chi connectivity index (χ2v) is 5.10. The standard InChI is InChI=1S/C10H12BrIN2O/c11-7-2-3-9(12)8(6-7)10(15)14-5-1-4-13/h2-3,6H,1,4-5,13H2,(H,14,15). The van der Waals surface area contributed by atoms with E-state index >= 15 is 0 Å². The number of nitrogens with two attached hydrogens (primary N) is 1. The maximum Gasteiger partial charge on any atom is 0.252 e. The van der Waals surface area contributed by atoms with Crippen molar-refractivity contribution in [3.05, 3.63) is 31.8 Å². The summed E-state index contributed by atoms with van der Waals surface area (Å²) in [5, 5.41) is 2.82. The zero-order valence-electron chi connectivity index (χ0n) is 8.09. The van der Waals surface area contributed by atoms with Gasteiger partial charge in [0, 0.05) is 14.6 Å². The van der Waals surface area contributed by atoms with Crippen LogP contribution in [0.2, 0.25) is 0 Å². The second-order valence-electron chi connectivity index (χ2n) is 3.02. The summed E-state index contributed by atoms with van der Waals surface area (Å²) in [6.07, 6.45) is 0.802. The van der Waals surface area contributed by atoms with Gasteiger partial charge in [-0.3, -0.25) is 4.79 Å². The Morgan fingerprint density at radius 1 is 1.53 bits per heavy atom. The van der Waals surface area contributed by atoms with E-state index < -0.39 is 0 Å². The van der Waals surface area contributed by atoms with Gasteiger partial charge in [0.15, 0.2) is 0 Å². The van der Waals surface area contributed by atoms with Gasteiger partial charge in [-0.2, -0.15) is 0 Å². The predicted molar refractivity (Wildman–Crippen MR) is 72.9 cm³/mol. The van der Waals surface area contributed by atoms with Crippen molar-refractivity contribution in [1.29, 1.82) is 0 Å². The molecule has 1 amide bonds. The molecule has 0 fully saturated rings. The molecule has 0 radical (unpaired) electrons. The minimum Gasteiger partial charge on any atom is -0.352 e. The molecule has 5 heteroatoms. The zero-order chi connectivity index (χ0) is 11.3. The maximum atomic E-state index is 11.7. The summed E-state index contributed by atoms with van der Waals surface area (Å²) in [6, 6.07) is 5.64. The Morgan fingerprint density at radius 2 is 2.27 bits per heavy atom. The Balaban J connectivity index is 2.68. The highest BCUT2D eigenvalue weighted by Crippen LogP contribution is 2.18. The fraction of sp³-hybridized carbons (Fsp3) is 0.300. The number of nitrogens with one attached hydrogen (secondary N) is 1. The predicted octanol–water partition coefficient (Wildman–Crippen LogP) is 2.13. The van der Waals surface area contributed by atoms with Crippen molar-refractivity contribution in [2.24, 2.45) is 5.73 Å². The molecule has 0 saturated heterocycles. The third kappa shape index (κ3) is 4.08. The first-order chi connectivity index (χ1) is 7.15. The summed E-state index contributed by atoms with van der Waals surface area (Å²) < 4.78 is 1.85. The van der Waals surface area contributed by atoms with E-state index in [1.165, 1.54) is 0 Å². The van der Waals surface area contributed by atoms with Crippen LogP contribution in [-0.4, -0.2) is 19.0 Å². The van der Waals surface area contributed by atoms with E-state index in [1.54, 1.807) is 0 Å². The van der Waals surface area contributed by atoms with Gasteiger partial charge in [-0.15, -0.1) is 0 Å². The minimum absolute atomic E-state index is 0.0471. The van der Waals surface area contributed by atoms with Crippen LogP contribution >= 0.6 is 38.5 Å². The molecule has 0 aliphatic rings. The number of benzene rings is 1. The molecule has 0 atom stereocenters. The van der Waals surface area contributed by atoms with E-state index in [0.29, 0.717) is 18.7 Å². The first-order valence-corrected chi connectivity index (χ1v) is 6.45. The van der Waals surface area contributed by atoms with Gasteiger partial charge in [0.25, 0.3) is 5.91 Å². The highest BCUT2D eigenvalue weighted by Gasteiger charge is 2.09. The van der Waals surface area contributed by atoms with Crippen molar-refractivity contribution < 1.29 is 4.79 Å². The molecule has 1 aromatic carbocycles. The molecule has 0 aliphatic heterocycles. The molecular weight excluding hydrogens is 371 g/mol. The first-order valence-electron chi connectivity index (χ1n) is 4.58. The van der Waals surface area contributed by atoms with E-state index in [1.807, 2.05) is 18.2 Å². The normalized spacial score (nSPS) is 10.1. The van der Waals surface area contributed by atoms with Gasteiger partial charge in [0.05, 0.1) is 5.56 Å². The van der Waals surface area contributed by atoms with Crippen LogP contribution in [0.3, 0.4) is 0 Å². The molecular formula is C10H12BrIN2O. The lowest BCUT2D eigenvalue weighted by atomic mass is 10.2. The Morgan fingerprint density at radius 3 is 2.93 bits per heavy atom. The topological polar surface area (TPSA) is 55.1 Å². The van der Waals surface area contributed by atoms with Crippen molar-refractivity contribution >= 4 is 44.4 Å². The van der Waals surface area contributed by atoms with Crippen molar-refractivity contribution in [2.75, 3.05) is 13.1 Å². The highest BCUT2D eigenvalue weighted by molar-refractivity contribution is 14.1. The van der Waals surface area contributed by atoms with Crippen LogP contribution in [0, 0.1) is 3.57 Å². The van der Waals surface area contributed by atoms with Gasteiger partial charge in [-0.25, -0.2) is 0 Å². The SMILES string of the molecule is NCCCNC(=O)c1cc(Br)ccc1I. The van der Waals surface area contributed by atoms with Gasteiger partial charge in [-0.1, -0.05) is 15.9 Å². The summed E-state index contributed by atoms with van der Waals surface area (Å²) in [5.74, 6) is -0.0471. The van der Waals surface area contributed by atoms with Crippen LogP contribution in [0.25, 0.3) is 0 Å². The lowest BCUT2D eigenvalue weighted by molar-refractivity contribution is 0.0952. The number of rotatable bonds is 4. The molecule has 82 valence electrons. The molecule has 1 aromatic rings. The molecule has 15 heavy (non-hydrogen) atoms. The fourth-order valence-corrected chi connectivity index (χ4v) is 2.01. The third-order valence-corrected chi connectivity index (χ3v) is 3.27. The van der Waals surface area contributed by atoms with E-state index in [0.717, 1.165) is 14.5 Å². The number of hydrogen-bond acceptors (Lipinski definition) is 2. The lowest BCUT2D eigenvalue weighted by Crippen LogP contribution is -2.26. The van der Waals surface area contributed by atoms with Gasteiger partial charge in [0.1, 0.15) is 0 Å². The molecule has 0 spiro atoms. The molecule has 0 aromatic heterocycles. The van der Waals surface area contributed by atoms with Crippen LogP contribution < -0.4 is 11.1 Å². The van der Waals surface area contributed by atoms with Gasteiger partial charge in [-0.05, 0) is 53.8 Å². The number of carbonyl (C=O) groups is 1. The van der Waals surface area contributed by atoms with Crippen molar-refractivity contribution in [3.8, 4) is 0 Å². The summed E-state index contributed by atoms with van der Waals surface area (Å²) in [5.41, 5.74) is 6.04. The Kier molecular flexibility index (Phi) is 5.55. The zero-order valence-corrected chi connectivity index (χ0v) is 11.8. The quantitative estimate of drug-likeness (QED) is 0.619. The minimum atomic E-state index is -0.0471. The van der Waals surface area contributed by atoms with Crippen molar-refractivity contribution in [2.45, 2.75) is 6.42 Å². The van der Waals surface area contributed by atoms with Crippen LogP contribution in [0.1, 0.15) is 16.8 Å². The van der Waals surface area contributed by atoms with Crippen LogP contribution in [0.5, 0.6) is 0 Å². The molecule has 3 N–H and O–H groups in total. The van der Waals surface area contributed by atoms with Gasteiger partial charge in [0.2, 0.25) is 0 Å². The molecule has 0 aliphatic carbocycles. The van der Waals surface area contributed by atoms with Crippen LogP contribution in [0.15, 0.2) is 22.7 Å². The number of amides is 1. The van der Waals surface area contributed by atoms with Crippen molar-refractivity contribution in [3.63, 3.8) is 0 Å². The number of halogens is 2. The number of carbonyl (C=O) groups excluding carboxylic acids is 1. The van der Waals surface area contributed by atoms with Crippen LogP contribution in [0.4, 0.5) is 0 Å². The van der Waals surface area contributed by atoms with E-state index in [9.17, 15) is 4.79 Å². The lowest BCUT2D eigenvalue weighted by Gasteiger charge is -2.06. The molecule has 0 bridgehead atoms. The summed E-state index contributed by atoms with van der Waals surface area (Å²) in [7, 11) is 0. The van der Waals surface area contributed by atoms with Crippen LogP contribution in [-0.2, 0) is 0 Å². The first kappa shape index (κ1) is 12.9. The Labute approximate surface area is 111 Å². The molecule has 0 saturated carbocycles. The summed E-state index contributed by atoms with van der Waals surface area (Å²) in [4.78, 5) is 11.7. The van der Waals surface area contributed by atoms with E-state index in [-0.39, 0.29) is 5.91 Å². The highest BCUT2D eigenvalue weighted by atomic mass is 127. The van der Waals surface area contributed by atoms with E-state index in [4.69, 9.17) is 5.73 Å². The number of hydrogen-bond donors (Lipinski definition) is 2.